The molecule has 0 aliphatic heterocycles. The largest absolute Gasteiger partial charge is 0.417 e. The first-order chi connectivity index (χ1) is 11.9. The summed E-state index contributed by atoms with van der Waals surface area (Å²) in [7, 11) is 0. The highest BCUT2D eigenvalue weighted by Gasteiger charge is 2.17. The van der Waals surface area contributed by atoms with Gasteiger partial charge >= 0.3 is 5.76 Å². The molecule has 3 rings (SSSR count). The lowest BCUT2D eigenvalue weighted by molar-refractivity contribution is -0.117. The number of hydrogen-bond donors (Lipinski definition) is 3. The number of anilines is 1. The van der Waals surface area contributed by atoms with E-state index in [1.54, 1.807) is 43.3 Å². The maximum atomic E-state index is 12.3. The first-order valence-corrected chi connectivity index (χ1v) is 7.73. The van der Waals surface area contributed by atoms with Crippen molar-refractivity contribution in [2.24, 2.45) is 0 Å². The highest BCUT2D eigenvalue weighted by atomic mass is 16.4. The molecule has 0 radical (unpaired) electrons. The van der Waals surface area contributed by atoms with Gasteiger partial charge in [-0.3, -0.25) is 14.6 Å². The van der Waals surface area contributed by atoms with Crippen LogP contribution in [0.2, 0.25) is 0 Å². The minimum Gasteiger partial charge on any atom is -0.408 e. The number of rotatable bonds is 4. The van der Waals surface area contributed by atoms with Gasteiger partial charge in [-0.1, -0.05) is 17.7 Å². The van der Waals surface area contributed by atoms with Gasteiger partial charge in [0.2, 0.25) is 5.91 Å². The Balaban J connectivity index is 1.67. The summed E-state index contributed by atoms with van der Waals surface area (Å²) in [6.07, 6.45) is 0. The lowest BCUT2D eigenvalue weighted by atomic mass is 10.1. The van der Waals surface area contributed by atoms with E-state index in [1.807, 2.05) is 13.0 Å². The second kappa shape index (κ2) is 6.64. The highest BCUT2D eigenvalue weighted by molar-refractivity contribution is 6.01. The molecule has 3 aromatic rings. The molecule has 7 nitrogen and oxygen atoms in total. The zero-order valence-corrected chi connectivity index (χ0v) is 13.8. The van der Waals surface area contributed by atoms with Crippen LogP contribution >= 0.6 is 0 Å². The van der Waals surface area contributed by atoms with Crippen molar-refractivity contribution in [1.29, 1.82) is 0 Å². The van der Waals surface area contributed by atoms with E-state index in [1.165, 1.54) is 0 Å². The smallest absolute Gasteiger partial charge is 0.408 e. The third-order valence-electron chi connectivity index (χ3n) is 3.71. The number of hydrogen-bond acceptors (Lipinski definition) is 4. The van der Waals surface area contributed by atoms with Gasteiger partial charge < -0.3 is 15.1 Å². The number of amides is 2. The zero-order chi connectivity index (χ0) is 18.0. The molecule has 2 amide bonds. The molecule has 0 aliphatic carbocycles. The molecular weight excluding hydrogens is 322 g/mol. The number of aromatic amines is 1. The van der Waals surface area contributed by atoms with Gasteiger partial charge in [0.05, 0.1) is 5.52 Å². The summed E-state index contributed by atoms with van der Waals surface area (Å²) in [4.78, 5) is 38.1. The molecule has 1 aromatic heterocycles. The molecule has 0 saturated carbocycles. The van der Waals surface area contributed by atoms with Gasteiger partial charge in [-0.2, -0.15) is 0 Å². The number of carbonyl (C=O) groups is 2. The third kappa shape index (κ3) is 3.77. The number of fused-ring (bicyclic) bond motifs is 1. The first-order valence-electron chi connectivity index (χ1n) is 7.73. The predicted molar refractivity (Wildman–Crippen MR) is 93.6 cm³/mol. The Morgan fingerprint density at radius 2 is 1.96 bits per heavy atom. The molecule has 0 saturated heterocycles. The SMILES string of the molecule is Cc1cccc(C(=O)N[C@@H](C)C(=O)Nc2ccc3oc(=O)[nH]c3c2)c1. The first kappa shape index (κ1) is 16.5. The van der Waals surface area contributed by atoms with Gasteiger partial charge in [-0.25, -0.2) is 4.79 Å². The van der Waals surface area contributed by atoms with Crippen LogP contribution in [0.15, 0.2) is 51.7 Å². The molecule has 0 fully saturated rings. The monoisotopic (exact) mass is 339 g/mol. The Hall–Kier alpha value is -3.35. The molecule has 25 heavy (non-hydrogen) atoms. The number of aromatic nitrogens is 1. The molecule has 128 valence electrons. The number of carbonyl (C=O) groups excluding carboxylic acids is 2. The van der Waals surface area contributed by atoms with Crippen molar-refractivity contribution in [3.63, 3.8) is 0 Å². The Morgan fingerprint density at radius 3 is 2.72 bits per heavy atom. The number of nitrogens with one attached hydrogen (secondary N) is 3. The van der Waals surface area contributed by atoms with Crippen molar-refractivity contribution in [3.05, 3.63) is 64.1 Å². The lowest BCUT2D eigenvalue weighted by Gasteiger charge is -2.14. The van der Waals surface area contributed by atoms with Crippen LogP contribution in [0.5, 0.6) is 0 Å². The maximum absolute atomic E-state index is 12.3. The zero-order valence-electron chi connectivity index (χ0n) is 13.8. The van der Waals surface area contributed by atoms with Crippen LogP contribution in [-0.4, -0.2) is 22.8 Å². The summed E-state index contributed by atoms with van der Waals surface area (Å²) in [5.41, 5.74) is 2.85. The van der Waals surface area contributed by atoms with Crippen molar-refractivity contribution in [2.45, 2.75) is 19.9 Å². The van der Waals surface area contributed by atoms with Crippen LogP contribution in [0.3, 0.4) is 0 Å². The number of H-pyrrole nitrogens is 1. The molecule has 1 heterocycles. The molecule has 0 unspecified atom stereocenters. The van der Waals surface area contributed by atoms with Crippen molar-refractivity contribution in [1.82, 2.24) is 10.3 Å². The standard InChI is InChI=1S/C18H17N3O4/c1-10-4-3-5-12(8-10)17(23)19-11(2)16(22)20-13-6-7-15-14(9-13)21-18(24)25-15/h3-9,11H,1-2H3,(H,19,23)(H,20,22)(H,21,24)/t11-/m0/s1. The Bertz CT molecular complexity index is 1000. The maximum Gasteiger partial charge on any atom is 0.417 e. The van der Waals surface area contributed by atoms with Crippen LogP contribution in [-0.2, 0) is 4.79 Å². The molecule has 7 heteroatoms. The molecular formula is C18H17N3O4. The summed E-state index contributed by atoms with van der Waals surface area (Å²) in [6, 6.07) is 11.2. The molecule has 0 spiro atoms. The molecule has 1 atom stereocenters. The Labute approximate surface area is 143 Å². The quantitative estimate of drug-likeness (QED) is 0.677. The van der Waals surface area contributed by atoms with E-state index in [0.29, 0.717) is 22.4 Å². The van der Waals surface area contributed by atoms with Crippen LogP contribution in [0, 0.1) is 6.92 Å². The van der Waals surface area contributed by atoms with Gasteiger partial charge in [-0.15, -0.1) is 0 Å². The van der Waals surface area contributed by atoms with Gasteiger partial charge in [0.1, 0.15) is 6.04 Å². The molecule has 3 N–H and O–H groups in total. The van der Waals surface area contributed by atoms with Crippen LogP contribution in [0.25, 0.3) is 11.1 Å². The topological polar surface area (TPSA) is 104 Å². The van der Waals surface area contributed by atoms with Gasteiger partial charge in [0.25, 0.3) is 5.91 Å². The van der Waals surface area contributed by atoms with E-state index >= 15 is 0 Å². The van der Waals surface area contributed by atoms with Crippen molar-refractivity contribution >= 4 is 28.6 Å². The number of aryl methyl sites for hydroxylation is 1. The summed E-state index contributed by atoms with van der Waals surface area (Å²) in [5.74, 6) is -1.25. The van der Waals surface area contributed by atoms with Gasteiger partial charge in [0, 0.05) is 11.3 Å². The fraction of sp³-hybridized carbons (Fsp3) is 0.167. The van der Waals surface area contributed by atoms with E-state index < -0.39 is 11.8 Å². The van der Waals surface area contributed by atoms with Gasteiger partial charge in [0.15, 0.2) is 5.58 Å². The minimum absolute atomic E-state index is 0.319. The molecule has 0 aliphatic rings. The van der Waals surface area contributed by atoms with E-state index in [-0.39, 0.29) is 11.8 Å². The Morgan fingerprint density at radius 1 is 1.16 bits per heavy atom. The summed E-state index contributed by atoms with van der Waals surface area (Å²) in [5, 5.41) is 5.35. The molecule has 2 aromatic carbocycles. The summed E-state index contributed by atoms with van der Waals surface area (Å²) < 4.78 is 4.91. The highest BCUT2D eigenvalue weighted by Crippen LogP contribution is 2.16. The van der Waals surface area contributed by atoms with Crippen LogP contribution in [0.1, 0.15) is 22.8 Å². The summed E-state index contributed by atoms with van der Waals surface area (Å²) >= 11 is 0. The van der Waals surface area contributed by atoms with E-state index in [0.717, 1.165) is 5.56 Å². The normalized spacial score (nSPS) is 11.9. The predicted octanol–water partition coefficient (Wildman–Crippen LogP) is 2.19. The average Bonchev–Trinajstić information content (AvgIpc) is 2.94. The second-order valence-corrected chi connectivity index (χ2v) is 5.78. The Kier molecular flexibility index (Phi) is 4.38. The fourth-order valence-electron chi connectivity index (χ4n) is 2.41. The van der Waals surface area contributed by atoms with Crippen LogP contribution in [0.4, 0.5) is 5.69 Å². The average molecular weight is 339 g/mol. The fourth-order valence-corrected chi connectivity index (χ4v) is 2.41. The van der Waals surface area contributed by atoms with Crippen LogP contribution < -0.4 is 16.4 Å². The number of oxazole rings is 1. The van der Waals surface area contributed by atoms with Crippen molar-refractivity contribution in [3.8, 4) is 0 Å². The van der Waals surface area contributed by atoms with E-state index in [4.69, 9.17) is 4.42 Å². The number of benzene rings is 2. The molecule has 0 bridgehead atoms. The summed E-state index contributed by atoms with van der Waals surface area (Å²) in [6.45, 7) is 3.49. The van der Waals surface area contributed by atoms with Crippen molar-refractivity contribution < 1.29 is 14.0 Å². The third-order valence-corrected chi connectivity index (χ3v) is 3.71. The van der Waals surface area contributed by atoms with Crippen molar-refractivity contribution in [2.75, 3.05) is 5.32 Å². The van der Waals surface area contributed by atoms with E-state index in [2.05, 4.69) is 15.6 Å². The second-order valence-electron chi connectivity index (χ2n) is 5.78. The van der Waals surface area contributed by atoms with Gasteiger partial charge in [-0.05, 0) is 44.2 Å². The minimum atomic E-state index is -0.730. The van der Waals surface area contributed by atoms with E-state index in [9.17, 15) is 14.4 Å². The lowest BCUT2D eigenvalue weighted by Crippen LogP contribution is -2.41.